The van der Waals surface area contributed by atoms with Crippen molar-refractivity contribution in [2.75, 3.05) is 13.1 Å². The highest BCUT2D eigenvalue weighted by molar-refractivity contribution is 6.31. The Kier molecular flexibility index (Phi) is 4.59. The standard InChI is InChI=1S/C20H23ClN4O/c1-12-9-14(21)10-17(19(12)26-15-5-4-7-22-11-15)16-6-8-23-20-18(16)24-13(2)25(20)3/h6,8-10,15,22H,4-5,7,11H2,1-3H3. The molecule has 0 aliphatic carbocycles. The van der Waals surface area contributed by atoms with Crippen LogP contribution in [0.4, 0.5) is 0 Å². The quantitative estimate of drug-likeness (QED) is 0.756. The number of pyridine rings is 1. The minimum absolute atomic E-state index is 0.171. The van der Waals surface area contributed by atoms with Crippen LogP contribution in [-0.2, 0) is 7.05 Å². The minimum Gasteiger partial charge on any atom is -0.488 e. The van der Waals surface area contributed by atoms with Gasteiger partial charge in [0, 0.05) is 35.9 Å². The first kappa shape index (κ1) is 17.3. The molecule has 1 aromatic carbocycles. The lowest BCUT2D eigenvalue weighted by atomic mass is 10.0. The maximum absolute atomic E-state index is 6.44. The fourth-order valence-corrected chi connectivity index (χ4v) is 3.85. The Morgan fingerprint density at radius 1 is 1.27 bits per heavy atom. The third-order valence-corrected chi connectivity index (χ3v) is 5.27. The summed E-state index contributed by atoms with van der Waals surface area (Å²) in [6.07, 6.45) is 4.18. The van der Waals surface area contributed by atoms with E-state index in [1.807, 2.05) is 49.9 Å². The highest BCUT2D eigenvalue weighted by atomic mass is 35.5. The molecule has 1 N–H and O–H groups in total. The van der Waals surface area contributed by atoms with Gasteiger partial charge in [0.25, 0.3) is 0 Å². The van der Waals surface area contributed by atoms with Crippen LogP contribution in [0.1, 0.15) is 24.2 Å². The number of fused-ring (bicyclic) bond motifs is 1. The normalized spacial score (nSPS) is 17.6. The predicted octanol–water partition coefficient (Wildman–Crippen LogP) is 4.04. The number of aromatic nitrogens is 3. The van der Waals surface area contributed by atoms with E-state index in [1.54, 1.807) is 0 Å². The molecule has 3 aromatic rings. The second-order valence-electron chi connectivity index (χ2n) is 6.93. The molecule has 3 heterocycles. The smallest absolute Gasteiger partial charge is 0.160 e. The zero-order valence-electron chi connectivity index (χ0n) is 15.3. The minimum atomic E-state index is 0.171. The summed E-state index contributed by atoms with van der Waals surface area (Å²) in [5.41, 5.74) is 4.76. The van der Waals surface area contributed by atoms with E-state index in [0.717, 1.165) is 65.4 Å². The van der Waals surface area contributed by atoms with Gasteiger partial charge >= 0.3 is 0 Å². The molecule has 1 atom stereocenters. The third kappa shape index (κ3) is 3.06. The molecule has 0 saturated carbocycles. The van der Waals surface area contributed by atoms with Crippen LogP contribution in [0.25, 0.3) is 22.3 Å². The Balaban J connectivity index is 1.87. The first-order valence-corrected chi connectivity index (χ1v) is 9.38. The Labute approximate surface area is 158 Å². The zero-order chi connectivity index (χ0) is 18.3. The van der Waals surface area contributed by atoms with Gasteiger partial charge in [0.1, 0.15) is 23.2 Å². The molecule has 26 heavy (non-hydrogen) atoms. The lowest BCUT2D eigenvalue weighted by molar-refractivity contribution is 0.167. The van der Waals surface area contributed by atoms with Crippen LogP contribution in [0.2, 0.25) is 5.02 Å². The Hall–Kier alpha value is -2.11. The molecular weight excluding hydrogens is 348 g/mol. The van der Waals surface area contributed by atoms with Gasteiger partial charge in [-0.15, -0.1) is 0 Å². The second kappa shape index (κ2) is 6.89. The van der Waals surface area contributed by atoms with Crippen molar-refractivity contribution in [3.05, 3.63) is 40.8 Å². The number of nitrogens with one attached hydrogen (secondary N) is 1. The van der Waals surface area contributed by atoms with Gasteiger partial charge in [0.05, 0.1) is 0 Å². The number of ether oxygens (including phenoxy) is 1. The third-order valence-electron chi connectivity index (χ3n) is 5.05. The molecule has 5 nitrogen and oxygen atoms in total. The maximum atomic E-state index is 6.44. The van der Waals surface area contributed by atoms with Gasteiger partial charge in [0.2, 0.25) is 0 Å². The van der Waals surface area contributed by atoms with Gasteiger partial charge in [-0.25, -0.2) is 9.97 Å². The van der Waals surface area contributed by atoms with Crippen LogP contribution < -0.4 is 10.1 Å². The molecule has 4 rings (SSSR count). The van der Waals surface area contributed by atoms with Crippen LogP contribution in [0.5, 0.6) is 5.75 Å². The molecule has 2 aromatic heterocycles. The van der Waals surface area contributed by atoms with Crippen molar-refractivity contribution >= 4 is 22.8 Å². The molecule has 1 aliphatic rings. The van der Waals surface area contributed by atoms with Crippen molar-refractivity contribution in [3.8, 4) is 16.9 Å². The average molecular weight is 371 g/mol. The van der Waals surface area contributed by atoms with E-state index < -0.39 is 0 Å². The summed E-state index contributed by atoms with van der Waals surface area (Å²) >= 11 is 6.39. The van der Waals surface area contributed by atoms with Crippen molar-refractivity contribution in [3.63, 3.8) is 0 Å². The van der Waals surface area contributed by atoms with Crippen molar-refractivity contribution in [1.82, 2.24) is 19.9 Å². The number of imidazole rings is 1. The highest BCUT2D eigenvalue weighted by Crippen LogP contribution is 2.39. The molecule has 0 radical (unpaired) electrons. The van der Waals surface area contributed by atoms with Gasteiger partial charge in [-0.1, -0.05) is 11.6 Å². The van der Waals surface area contributed by atoms with Crippen LogP contribution in [0.15, 0.2) is 24.4 Å². The van der Waals surface area contributed by atoms with Gasteiger partial charge < -0.3 is 14.6 Å². The van der Waals surface area contributed by atoms with Crippen molar-refractivity contribution in [2.24, 2.45) is 7.05 Å². The molecule has 6 heteroatoms. The summed E-state index contributed by atoms with van der Waals surface area (Å²) in [5.74, 6) is 1.82. The van der Waals surface area contributed by atoms with Crippen molar-refractivity contribution in [2.45, 2.75) is 32.8 Å². The van der Waals surface area contributed by atoms with Crippen molar-refractivity contribution < 1.29 is 4.74 Å². The molecular formula is C20H23ClN4O. The van der Waals surface area contributed by atoms with Crippen LogP contribution in [0, 0.1) is 13.8 Å². The number of benzene rings is 1. The first-order valence-electron chi connectivity index (χ1n) is 9.00. The lowest BCUT2D eigenvalue weighted by Gasteiger charge is -2.26. The number of halogens is 1. The van der Waals surface area contributed by atoms with E-state index in [2.05, 4.69) is 10.3 Å². The Morgan fingerprint density at radius 3 is 2.88 bits per heavy atom. The number of piperidine rings is 1. The fourth-order valence-electron chi connectivity index (χ4n) is 3.58. The first-order chi connectivity index (χ1) is 12.5. The van der Waals surface area contributed by atoms with E-state index in [9.17, 15) is 0 Å². The maximum Gasteiger partial charge on any atom is 0.160 e. The zero-order valence-corrected chi connectivity index (χ0v) is 16.1. The van der Waals surface area contributed by atoms with E-state index in [0.29, 0.717) is 5.02 Å². The molecule has 136 valence electrons. The summed E-state index contributed by atoms with van der Waals surface area (Å²) in [6.45, 7) is 5.96. The highest BCUT2D eigenvalue weighted by Gasteiger charge is 2.21. The van der Waals surface area contributed by atoms with Crippen LogP contribution in [0.3, 0.4) is 0 Å². The molecule has 0 bridgehead atoms. The molecule has 1 unspecified atom stereocenters. The van der Waals surface area contributed by atoms with E-state index in [-0.39, 0.29) is 6.10 Å². The van der Waals surface area contributed by atoms with Gasteiger partial charge in [-0.2, -0.15) is 0 Å². The van der Waals surface area contributed by atoms with E-state index in [4.69, 9.17) is 21.3 Å². The SMILES string of the molecule is Cc1cc(Cl)cc(-c2ccnc3c2nc(C)n3C)c1OC1CCCNC1. The Morgan fingerprint density at radius 2 is 2.12 bits per heavy atom. The second-order valence-corrected chi connectivity index (χ2v) is 7.37. The molecule has 1 aliphatic heterocycles. The number of hydrogen-bond acceptors (Lipinski definition) is 4. The van der Waals surface area contributed by atoms with Crippen LogP contribution >= 0.6 is 11.6 Å². The summed E-state index contributed by atoms with van der Waals surface area (Å²) in [6, 6.07) is 5.92. The van der Waals surface area contributed by atoms with Gasteiger partial charge in [-0.05, 0) is 57.0 Å². The molecule has 0 amide bonds. The summed E-state index contributed by atoms with van der Waals surface area (Å²) < 4.78 is 8.44. The van der Waals surface area contributed by atoms with Crippen LogP contribution in [-0.4, -0.2) is 33.7 Å². The number of hydrogen-bond donors (Lipinski definition) is 1. The van der Waals surface area contributed by atoms with E-state index in [1.165, 1.54) is 0 Å². The number of nitrogens with zero attached hydrogens (tertiary/aromatic N) is 3. The average Bonchev–Trinajstić information content (AvgIpc) is 2.93. The van der Waals surface area contributed by atoms with E-state index >= 15 is 0 Å². The summed E-state index contributed by atoms with van der Waals surface area (Å²) in [7, 11) is 1.98. The van der Waals surface area contributed by atoms with Crippen molar-refractivity contribution in [1.29, 1.82) is 0 Å². The van der Waals surface area contributed by atoms with Gasteiger partial charge in [-0.3, -0.25) is 0 Å². The lowest BCUT2D eigenvalue weighted by Crippen LogP contribution is -2.37. The molecule has 1 fully saturated rings. The number of aryl methyl sites for hydroxylation is 3. The summed E-state index contributed by atoms with van der Waals surface area (Å²) in [4.78, 5) is 9.22. The molecule has 1 saturated heterocycles. The topological polar surface area (TPSA) is 52.0 Å². The monoisotopic (exact) mass is 370 g/mol. The summed E-state index contributed by atoms with van der Waals surface area (Å²) in [5, 5.41) is 4.11. The fraction of sp³-hybridized carbons (Fsp3) is 0.400. The molecule has 0 spiro atoms. The Bertz CT molecular complexity index is 960. The van der Waals surface area contributed by atoms with Gasteiger partial charge in [0.15, 0.2) is 5.65 Å². The largest absolute Gasteiger partial charge is 0.488 e. The predicted molar refractivity (Wildman–Crippen MR) is 105 cm³/mol. The number of rotatable bonds is 3.